The predicted octanol–water partition coefficient (Wildman–Crippen LogP) is 3.34. The summed E-state index contributed by atoms with van der Waals surface area (Å²) in [4.78, 5) is 15.0. The van der Waals surface area contributed by atoms with E-state index >= 15 is 0 Å². The van der Waals surface area contributed by atoms with Gasteiger partial charge in [-0.05, 0) is 0 Å². The molecule has 0 fully saturated rings. The summed E-state index contributed by atoms with van der Waals surface area (Å²) in [6.07, 6.45) is 1.40. The zero-order chi connectivity index (χ0) is 21.9. The van der Waals surface area contributed by atoms with Crippen molar-refractivity contribution in [3.63, 3.8) is 0 Å². The van der Waals surface area contributed by atoms with E-state index in [1.807, 2.05) is 0 Å². The molecule has 1 N–H and O–H groups in total. The average Bonchev–Trinajstić information content (AvgIpc) is 2.65. The van der Waals surface area contributed by atoms with Crippen LogP contribution in [0.1, 0.15) is 45.2 Å². The molecule has 160 valence electrons. The van der Waals surface area contributed by atoms with Crippen molar-refractivity contribution in [3.8, 4) is 0 Å². The number of benzene rings is 1. The van der Waals surface area contributed by atoms with Crippen LogP contribution in [0.4, 0.5) is 0 Å². The van der Waals surface area contributed by atoms with E-state index in [1.54, 1.807) is 0 Å². The van der Waals surface area contributed by atoms with Crippen molar-refractivity contribution in [3.05, 3.63) is 35.4 Å². The van der Waals surface area contributed by atoms with E-state index in [-0.39, 0.29) is 16.9 Å². The van der Waals surface area contributed by atoms with Gasteiger partial charge in [0.15, 0.2) is 0 Å². The molecule has 0 bridgehead atoms. The average molecular weight is 789 g/mol. The Kier molecular flexibility index (Phi) is 13.1. The number of rotatable bonds is 14. The van der Waals surface area contributed by atoms with Gasteiger partial charge in [-0.3, -0.25) is 0 Å². The second-order valence-corrected chi connectivity index (χ2v) is 13.2. The van der Waals surface area contributed by atoms with Crippen molar-refractivity contribution in [1.82, 2.24) is 10.2 Å². The SMILES string of the molecule is Cc1ccc(CCC(=O)N(C[CH2][Pb])CC(C)(C)COCC(C)(C)NC[CH2][Pb])cc1. The van der Waals surface area contributed by atoms with Crippen LogP contribution in [0.15, 0.2) is 24.3 Å². The maximum absolute atomic E-state index is 12.9. The van der Waals surface area contributed by atoms with E-state index in [2.05, 4.69) is 69.1 Å². The number of nitrogens with zero attached hydrogens (tertiary/aromatic N) is 1. The summed E-state index contributed by atoms with van der Waals surface area (Å²) >= 11 is 2.35. The Morgan fingerprint density at radius 1 is 1.07 bits per heavy atom. The molecular formula is C23H38N2O2Pb2. The molecule has 0 atom stereocenters. The van der Waals surface area contributed by atoms with Crippen LogP contribution < -0.4 is 5.32 Å². The minimum absolute atomic E-state index is 0.000940. The molecule has 1 amide bonds. The number of carbonyl (C=O) groups excluding carboxylic acids is 1. The summed E-state index contributed by atoms with van der Waals surface area (Å²) in [5.74, 6) is 0.267. The molecule has 6 radical (unpaired) electrons. The van der Waals surface area contributed by atoms with Gasteiger partial charge in [-0.1, -0.05) is 0 Å². The van der Waals surface area contributed by atoms with Gasteiger partial charge in [0.05, 0.1) is 0 Å². The molecule has 0 aromatic heterocycles. The van der Waals surface area contributed by atoms with Gasteiger partial charge in [0.25, 0.3) is 0 Å². The Balaban J connectivity index is 2.54. The molecule has 1 rings (SSSR count). The number of aryl methyl sites for hydroxylation is 2. The molecule has 29 heavy (non-hydrogen) atoms. The molecule has 0 saturated heterocycles. The van der Waals surface area contributed by atoms with Gasteiger partial charge in [-0.2, -0.15) is 0 Å². The van der Waals surface area contributed by atoms with Gasteiger partial charge in [0, 0.05) is 0 Å². The van der Waals surface area contributed by atoms with E-state index in [0.29, 0.717) is 19.6 Å². The minimum atomic E-state index is -0.0516. The molecular weight excluding hydrogens is 751 g/mol. The summed E-state index contributed by atoms with van der Waals surface area (Å²) in [7, 11) is 0. The van der Waals surface area contributed by atoms with Crippen LogP contribution in [-0.2, 0) is 16.0 Å². The van der Waals surface area contributed by atoms with E-state index in [0.717, 1.165) is 55.8 Å². The number of hydrogen-bond donors (Lipinski definition) is 1. The molecule has 4 nitrogen and oxygen atoms in total. The van der Waals surface area contributed by atoms with Gasteiger partial charge in [-0.15, -0.1) is 0 Å². The third kappa shape index (κ3) is 12.2. The Hall–Kier alpha value is 0.454. The molecule has 1 aromatic carbocycles. The number of hydrogen-bond acceptors (Lipinski definition) is 3. The number of amides is 1. The Bertz CT molecular complexity index is 603. The number of nitrogens with one attached hydrogen (secondary N) is 1. The molecule has 0 aliphatic heterocycles. The van der Waals surface area contributed by atoms with Gasteiger partial charge in [0.2, 0.25) is 0 Å². The van der Waals surface area contributed by atoms with E-state index in [4.69, 9.17) is 4.74 Å². The molecule has 0 spiro atoms. The zero-order valence-electron chi connectivity index (χ0n) is 18.9. The third-order valence-corrected chi connectivity index (χ3v) is 6.63. The van der Waals surface area contributed by atoms with Crippen LogP contribution in [0.3, 0.4) is 0 Å². The van der Waals surface area contributed by atoms with E-state index in [1.165, 1.54) is 40.9 Å². The van der Waals surface area contributed by atoms with E-state index < -0.39 is 0 Å². The summed E-state index contributed by atoms with van der Waals surface area (Å²) in [6.45, 7) is 15.0. The van der Waals surface area contributed by atoms with Crippen molar-refractivity contribution >= 4 is 57.4 Å². The molecule has 1 aromatic rings. The topological polar surface area (TPSA) is 41.6 Å². The number of ether oxygens (including phenoxy) is 1. The van der Waals surface area contributed by atoms with Crippen molar-refractivity contribution in [2.75, 3.05) is 32.8 Å². The fourth-order valence-corrected chi connectivity index (χ4v) is 4.72. The second kappa shape index (κ2) is 13.8. The Morgan fingerprint density at radius 3 is 2.31 bits per heavy atom. The first-order valence-electron chi connectivity index (χ1n) is 10.5. The standard InChI is InChI=1S/C23H38N2O2.2Pb/c1-8-24-23(6,7)18-27-17-22(4,5)16-25(9-2)21(26)15-14-20-12-10-19(3)11-13-20;;/h10-13,24H,1-2,8-9,14-18H2,3-7H3;;. The summed E-state index contributed by atoms with van der Waals surface area (Å²) in [5, 5.41) is 3.56. The van der Waals surface area contributed by atoms with Crippen LogP contribution >= 0.6 is 0 Å². The Labute approximate surface area is 210 Å². The van der Waals surface area contributed by atoms with Crippen LogP contribution in [0.25, 0.3) is 0 Å². The van der Waals surface area contributed by atoms with Crippen LogP contribution in [0.5, 0.6) is 0 Å². The van der Waals surface area contributed by atoms with E-state index in [9.17, 15) is 4.79 Å². The maximum atomic E-state index is 12.9. The van der Waals surface area contributed by atoms with Crippen LogP contribution in [0, 0.1) is 12.3 Å². The second-order valence-electron chi connectivity index (χ2n) is 9.27. The zero-order valence-corrected chi connectivity index (χ0v) is 26.7. The first kappa shape index (κ1) is 27.5. The third-order valence-electron chi connectivity index (χ3n) is 4.79. The molecule has 0 saturated carbocycles. The van der Waals surface area contributed by atoms with Crippen molar-refractivity contribution in [2.45, 2.75) is 61.0 Å². The number of carbonyl (C=O) groups is 1. The quantitative estimate of drug-likeness (QED) is 0.295. The van der Waals surface area contributed by atoms with Crippen LogP contribution in [0.2, 0.25) is 7.96 Å². The molecule has 6 heteroatoms. The summed E-state index contributed by atoms with van der Waals surface area (Å²) < 4.78 is 8.45. The summed E-state index contributed by atoms with van der Waals surface area (Å²) in [6, 6.07) is 8.50. The van der Waals surface area contributed by atoms with Crippen LogP contribution in [-0.4, -0.2) is 101 Å². The molecule has 0 heterocycles. The fraction of sp³-hybridized carbons (Fsp3) is 0.696. The normalized spacial score (nSPS) is 12.2. The molecule has 0 aliphatic rings. The van der Waals surface area contributed by atoms with Crippen molar-refractivity contribution in [1.29, 1.82) is 0 Å². The van der Waals surface area contributed by atoms with Gasteiger partial charge in [-0.25, -0.2) is 0 Å². The van der Waals surface area contributed by atoms with Crippen molar-refractivity contribution < 1.29 is 9.53 Å². The summed E-state index contributed by atoms with van der Waals surface area (Å²) in [5.41, 5.74) is 2.44. The molecule has 0 aliphatic carbocycles. The van der Waals surface area contributed by atoms with Gasteiger partial charge < -0.3 is 0 Å². The molecule has 0 unspecified atom stereocenters. The van der Waals surface area contributed by atoms with Crippen molar-refractivity contribution in [2.24, 2.45) is 5.41 Å². The van der Waals surface area contributed by atoms with Gasteiger partial charge in [0.1, 0.15) is 0 Å². The predicted molar refractivity (Wildman–Crippen MR) is 124 cm³/mol. The first-order valence-corrected chi connectivity index (χ1v) is 16.0. The first-order chi connectivity index (χ1) is 13.6. The fourth-order valence-electron chi connectivity index (χ4n) is 3.19. The Morgan fingerprint density at radius 2 is 1.72 bits per heavy atom. The van der Waals surface area contributed by atoms with Gasteiger partial charge >= 0.3 is 212 Å². The monoisotopic (exact) mass is 790 g/mol.